The second-order valence-corrected chi connectivity index (χ2v) is 7.65. The van der Waals surface area contributed by atoms with Gasteiger partial charge in [0.2, 0.25) is 5.91 Å². The molecule has 1 aromatic heterocycles. The number of carbonyl (C=O) groups excluding carboxylic acids is 1. The summed E-state index contributed by atoms with van der Waals surface area (Å²) in [4.78, 5) is 21.0. The molecule has 144 valence electrons. The van der Waals surface area contributed by atoms with E-state index in [4.69, 9.17) is 4.52 Å². The molecule has 0 aliphatic carbocycles. The maximum absolute atomic E-state index is 12.6. The molecule has 1 amide bonds. The van der Waals surface area contributed by atoms with Gasteiger partial charge in [-0.15, -0.1) is 0 Å². The number of anilines is 2. The van der Waals surface area contributed by atoms with Crippen LogP contribution in [-0.4, -0.2) is 36.7 Å². The van der Waals surface area contributed by atoms with E-state index >= 15 is 0 Å². The van der Waals surface area contributed by atoms with Crippen LogP contribution in [0.15, 0.2) is 47.0 Å². The van der Waals surface area contributed by atoms with Crippen molar-refractivity contribution in [2.45, 2.75) is 26.2 Å². The summed E-state index contributed by atoms with van der Waals surface area (Å²) >= 11 is 0. The van der Waals surface area contributed by atoms with Crippen LogP contribution in [-0.2, 0) is 4.79 Å². The van der Waals surface area contributed by atoms with Crippen LogP contribution in [0.5, 0.6) is 0 Å². The predicted molar refractivity (Wildman–Crippen MR) is 110 cm³/mol. The lowest BCUT2D eigenvalue weighted by Crippen LogP contribution is -2.24. The topological polar surface area (TPSA) is 62.5 Å². The Balaban J connectivity index is 1.53. The fourth-order valence-electron chi connectivity index (χ4n) is 3.66. The van der Waals surface area contributed by atoms with Crippen LogP contribution in [0.3, 0.4) is 0 Å². The van der Waals surface area contributed by atoms with Crippen molar-refractivity contribution in [3.8, 4) is 11.5 Å². The molecule has 4 rings (SSSR count). The molecule has 1 fully saturated rings. The molecule has 0 spiro atoms. The average Bonchev–Trinajstić information content (AvgIpc) is 3.28. The van der Waals surface area contributed by atoms with Crippen molar-refractivity contribution in [2.24, 2.45) is 0 Å². The first kappa shape index (κ1) is 18.2. The molecule has 28 heavy (non-hydrogen) atoms. The molecule has 2 aromatic carbocycles. The quantitative estimate of drug-likeness (QED) is 0.690. The summed E-state index contributed by atoms with van der Waals surface area (Å²) in [5, 5.41) is 4.15. The van der Waals surface area contributed by atoms with Gasteiger partial charge < -0.3 is 14.3 Å². The summed E-state index contributed by atoms with van der Waals surface area (Å²) in [7, 11) is 4.00. The lowest BCUT2D eigenvalue weighted by Gasteiger charge is -2.17. The second kappa shape index (κ2) is 7.11. The Morgan fingerprint density at radius 2 is 1.75 bits per heavy atom. The van der Waals surface area contributed by atoms with E-state index in [1.807, 2.05) is 74.1 Å². The standard InChI is InChI=1S/C22H24N4O2/c1-14-9-15(2)11-19(10-14)26-13-17(12-20(26)27)21-23-22(28-24-21)16-5-7-18(8-6-16)25(3)4/h5-11,17H,12-13H2,1-4H3. The zero-order valence-electron chi connectivity index (χ0n) is 16.6. The van der Waals surface area contributed by atoms with Gasteiger partial charge in [-0.1, -0.05) is 11.2 Å². The Morgan fingerprint density at radius 3 is 2.39 bits per heavy atom. The van der Waals surface area contributed by atoms with Gasteiger partial charge in [0.15, 0.2) is 5.82 Å². The Bertz CT molecular complexity index is 987. The molecule has 1 unspecified atom stereocenters. The molecule has 6 heteroatoms. The molecule has 1 aliphatic rings. The summed E-state index contributed by atoms with van der Waals surface area (Å²) in [5.41, 5.74) is 5.21. The number of rotatable bonds is 4. The van der Waals surface area contributed by atoms with Crippen molar-refractivity contribution in [1.82, 2.24) is 10.1 Å². The first-order chi connectivity index (χ1) is 13.4. The van der Waals surface area contributed by atoms with Gasteiger partial charge >= 0.3 is 0 Å². The third-order valence-corrected chi connectivity index (χ3v) is 5.08. The van der Waals surface area contributed by atoms with Crippen LogP contribution in [0.25, 0.3) is 11.5 Å². The van der Waals surface area contributed by atoms with Crippen LogP contribution >= 0.6 is 0 Å². The summed E-state index contributed by atoms with van der Waals surface area (Å²) in [6.07, 6.45) is 0.394. The van der Waals surface area contributed by atoms with E-state index in [1.165, 1.54) is 0 Å². The second-order valence-electron chi connectivity index (χ2n) is 7.65. The average molecular weight is 376 g/mol. The molecule has 1 aliphatic heterocycles. The first-order valence-corrected chi connectivity index (χ1v) is 9.41. The van der Waals surface area contributed by atoms with Crippen LogP contribution in [0, 0.1) is 13.8 Å². The highest BCUT2D eigenvalue weighted by Crippen LogP contribution is 2.32. The van der Waals surface area contributed by atoms with E-state index in [1.54, 1.807) is 0 Å². The smallest absolute Gasteiger partial charge is 0.257 e. The Kier molecular flexibility index (Phi) is 4.63. The fourth-order valence-corrected chi connectivity index (χ4v) is 3.66. The molecular weight excluding hydrogens is 352 g/mol. The van der Waals surface area contributed by atoms with Crippen LogP contribution in [0.1, 0.15) is 29.3 Å². The van der Waals surface area contributed by atoms with Gasteiger partial charge in [-0.2, -0.15) is 4.98 Å². The molecule has 0 radical (unpaired) electrons. The normalized spacial score (nSPS) is 16.6. The summed E-state index contributed by atoms with van der Waals surface area (Å²) < 4.78 is 5.47. The maximum atomic E-state index is 12.6. The van der Waals surface area contributed by atoms with Crippen molar-refractivity contribution >= 4 is 17.3 Å². The largest absolute Gasteiger partial charge is 0.378 e. The number of hydrogen-bond acceptors (Lipinski definition) is 5. The predicted octanol–water partition coefficient (Wildman–Crippen LogP) is 3.94. The van der Waals surface area contributed by atoms with Gasteiger partial charge in [-0.3, -0.25) is 4.79 Å². The molecular formula is C22H24N4O2. The molecule has 1 saturated heterocycles. The Labute approximate surface area is 164 Å². The Morgan fingerprint density at radius 1 is 1.07 bits per heavy atom. The fraction of sp³-hybridized carbons (Fsp3) is 0.318. The maximum Gasteiger partial charge on any atom is 0.257 e. The molecule has 2 heterocycles. The number of hydrogen-bond donors (Lipinski definition) is 0. The third-order valence-electron chi connectivity index (χ3n) is 5.08. The van der Waals surface area contributed by atoms with E-state index in [-0.39, 0.29) is 11.8 Å². The summed E-state index contributed by atoms with van der Waals surface area (Å²) in [6, 6.07) is 14.2. The van der Waals surface area contributed by atoms with Crippen molar-refractivity contribution in [2.75, 3.05) is 30.4 Å². The van der Waals surface area contributed by atoms with E-state index in [2.05, 4.69) is 16.2 Å². The van der Waals surface area contributed by atoms with Crippen LogP contribution < -0.4 is 9.80 Å². The van der Waals surface area contributed by atoms with Crippen LogP contribution in [0.4, 0.5) is 11.4 Å². The van der Waals surface area contributed by atoms with Gasteiger partial charge in [-0.25, -0.2) is 0 Å². The molecule has 0 N–H and O–H groups in total. The lowest BCUT2D eigenvalue weighted by atomic mass is 10.1. The Hall–Kier alpha value is -3.15. The molecule has 3 aromatic rings. The SMILES string of the molecule is Cc1cc(C)cc(N2CC(c3noc(-c4ccc(N(C)C)cc4)n3)CC2=O)c1. The first-order valence-electron chi connectivity index (χ1n) is 9.41. The molecule has 0 saturated carbocycles. The van der Waals surface area contributed by atoms with Gasteiger partial charge in [0.25, 0.3) is 5.89 Å². The van der Waals surface area contributed by atoms with E-state index in [9.17, 15) is 4.79 Å². The van der Waals surface area contributed by atoms with Gasteiger partial charge in [0, 0.05) is 49.9 Å². The van der Waals surface area contributed by atoms with Crippen molar-refractivity contribution in [1.29, 1.82) is 0 Å². The van der Waals surface area contributed by atoms with Gasteiger partial charge in [0.1, 0.15) is 0 Å². The minimum absolute atomic E-state index is 0.0631. The van der Waals surface area contributed by atoms with E-state index in [0.717, 1.165) is 28.1 Å². The number of carbonyl (C=O) groups is 1. The lowest BCUT2D eigenvalue weighted by molar-refractivity contribution is -0.117. The van der Waals surface area contributed by atoms with Gasteiger partial charge in [-0.05, 0) is 61.4 Å². The van der Waals surface area contributed by atoms with E-state index in [0.29, 0.717) is 24.7 Å². The zero-order valence-corrected chi connectivity index (χ0v) is 16.6. The molecule has 0 bridgehead atoms. The zero-order chi connectivity index (χ0) is 19.8. The third kappa shape index (κ3) is 3.50. The monoisotopic (exact) mass is 376 g/mol. The molecule has 6 nitrogen and oxygen atoms in total. The number of aromatic nitrogens is 2. The highest BCUT2D eigenvalue weighted by molar-refractivity contribution is 5.96. The van der Waals surface area contributed by atoms with Crippen molar-refractivity contribution in [3.05, 3.63) is 59.4 Å². The summed E-state index contributed by atoms with van der Waals surface area (Å²) in [5.74, 6) is 1.10. The highest BCUT2D eigenvalue weighted by Gasteiger charge is 2.34. The number of nitrogens with zero attached hydrogens (tertiary/aromatic N) is 4. The number of benzene rings is 2. The minimum atomic E-state index is -0.0631. The number of amides is 1. The van der Waals surface area contributed by atoms with E-state index < -0.39 is 0 Å². The number of aryl methyl sites for hydroxylation is 2. The summed E-state index contributed by atoms with van der Waals surface area (Å²) in [6.45, 7) is 4.66. The van der Waals surface area contributed by atoms with Crippen molar-refractivity contribution in [3.63, 3.8) is 0 Å². The van der Waals surface area contributed by atoms with Gasteiger partial charge in [0.05, 0.1) is 0 Å². The highest BCUT2D eigenvalue weighted by atomic mass is 16.5. The van der Waals surface area contributed by atoms with Crippen molar-refractivity contribution < 1.29 is 9.32 Å². The van der Waals surface area contributed by atoms with Crippen LogP contribution in [0.2, 0.25) is 0 Å². The molecule has 1 atom stereocenters. The minimum Gasteiger partial charge on any atom is -0.378 e.